The molecule has 1 saturated heterocycles. The van der Waals surface area contributed by atoms with Gasteiger partial charge in [0.1, 0.15) is 0 Å². The molecule has 0 spiro atoms. The molecule has 1 aromatic carbocycles. The van der Waals surface area contributed by atoms with Crippen LogP contribution in [0.1, 0.15) is 19.8 Å². The first-order chi connectivity index (χ1) is 10.2. The van der Waals surface area contributed by atoms with Gasteiger partial charge in [0.05, 0.1) is 9.79 Å². The maximum absolute atomic E-state index is 12.8. The molecule has 124 valence electrons. The normalized spacial score (nSPS) is 24.3. The lowest BCUT2D eigenvalue weighted by Crippen LogP contribution is -2.51. The SMILES string of the molecule is C[C@H]1CCCN(S(=O)(=O)c2cccc(S(N)(=O)=O)c2)[C@H]1CN. The van der Waals surface area contributed by atoms with E-state index in [1.54, 1.807) is 0 Å². The van der Waals surface area contributed by atoms with Crippen LogP contribution in [0.5, 0.6) is 0 Å². The van der Waals surface area contributed by atoms with Crippen molar-refractivity contribution in [1.82, 2.24) is 4.31 Å². The molecule has 1 fully saturated rings. The van der Waals surface area contributed by atoms with E-state index in [0.29, 0.717) is 6.54 Å². The van der Waals surface area contributed by atoms with Crippen molar-refractivity contribution in [3.8, 4) is 0 Å². The number of hydrogen-bond donors (Lipinski definition) is 2. The van der Waals surface area contributed by atoms with Crippen molar-refractivity contribution < 1.29 is 16.8 Å². The monoisotopic (exact) mass is 347 g/mol. The highest BCUT2D eigenvalue weighted by Gasteiger charge is 2.36. The number of nitrogens with two attached hydrogens (primary N) is 2. The minimum Gasteiger partial charge on any atom is -0.329 e. The third-order valence-electron chi connectivity index (χ3n) is 4.05. The van der Waals surface area contributed by atoms with Crippen molar-refractivity contribution in [2.24, 2.45) is 16.8 Å². The zero-order valence-electron chi connectivity index (χ0n) is 12.3. The van der Waals surface area contributed by atoms with Crippen molar-refractivity contribution in [3.63, 3.8) is 0 Å². The second-order valence-corrected chi connectivity index (χ2v) is 9.01. The summed E-state index contributed by atoms with van der Waals surface area (Å²) in [5.74, 6) is 0.162. The molecular formula is C13H21N3O4S2. The summed E-state index contributed by atoms with van der Waals surface area (Å²) in [6, 6.07) is 4.83. The van der Waals surface area contributed by atoms with Gasteiger partial charge in [-0.25, -0.2) is 22.0 Å². The summed E-state index contributed by atoms with van der Waals surface area (Å²) in [6.07, 6.45) is 1.68. The maximum atomic E-state index is 12.8. The molecule has 22 heavy (non-hydrogen) atoms. The molecule has 0 unspecified atom stereocenters. The highest BCUT2D eigenvalue weighted by molar-refractivity contribution is 7.90. The van der Waals surface area contributed by atoms with Gasteiger partial charge in [-0.1, -0.05) is 13.0 Å². The van der Waals surface area contributed by atoms with Crippen molar-refractivity contribution in [2.75, 3.05) is 13.1 Å². The summed E-state index contributed by atoms with van der Waals surface area (Å²) >= 11 is 0. The lowest BCUT2D eigenvalue weighted by molar-refractivity contribution is 0.192. The van der Waals surface area contributed by atoms with Gasteiger partial charge in [-0.05, 0) is 37.0 Å². The van der Waals surface area contributed by atoms with Crippen molar-refractivity contribution in [2.45, 2.75) is 35.6 Å². The van der Waals surface area contributed by atoms with E-state index >= 15 is 0 Å². The average molecular weight is 347 g/mol. The fourth-order valence-electron chi connectivity index (χ4n) is 2.81. The molecular weight excluding hydrogens is 326 g/mol. The quantitative estimate of drug-likeness (QED) is 0.798. The molecule has 9 heteroatoms. The summed E-state index contributed by atoms with van der Waals surface area (Å²) in [4.78, 5) is -0.297. The maximum Gasteiger partial charge on any atom is 0.243 e. The molecule has 0 aromatic heterocycles. The number of piperidine rings is 1. The predicted molar refractivity (Wildman–Crippen MR) is 82.9 cm³/mol. The van der Waals surface area contributed by atoms with Crippen LogP contribution in [0.3, 0.4) is 0 Å². The van der Waals surface area contributed by atoms with E-state index < -0.39 is 20.0 Å². The number of benzene rings is 1. The van der Waals surface area contributed by atoms with Crippen LogP contribution in [0.25, 0.3) is 0 Å². The van der Waals surface area contributed by atoms with Gasteiger partial charge in [-0.3, -0.25) is 0 Å². The third-order valence-corrected chi connectivity index (χ3v) is 6.88. The molecule has 2 rings (SSSR count). The fourth-order valence-corrected chi connectivity index (χ4v) is 5.26. The highest BCUT2D eigenvalue weighted by atomic mass is 32.2. The third kappa shape index (κ3) is 3.33. The standard InChI is InChI=1S/C13H21N3O4S2/c1-10-4-3-7-16(13(10)9-14)22(19,20)12-6-2-5-11(8-12)21(15,17)18/h2,5-6,8,10,13H,3-4,7,9,14H2,1H3,(H2,15,17,18)/t10-,13-/m0/s1. The molecule has 0 radical (unpaired) electrons. The summed E-state index contributed by atoms with van der Waals surface area (Å²) in [7, 11) is -7.76. The Labute approximate surface area is 131 Å². The molecule has 0 amide bonds. The molecule has 0 saturated carbocycles. The number of hydrogen-bond acceptors (Lipinski definition) is 5. The van der Waals surface area contributed by atoms with Gasteiger partial charge in [0.2, 0.25) is 20.0 Å². The van der Waals surface area contributed by atoms with Crippen molar-refractivity contribution in [1.29, 1.82) is 0 Å². The van der Waals surface area contributed by atoms with Crippen LogP contribution in [0.2, 0.25) is 0 Å². The molecule has 1 aromatic rings. The molecule has 0 bridgehead atoms. The first kappa shape index (κ1) is 17.4. The van der Waals surface area contributed by atoms with Crippen molar-refractivity contribution >= 4 is 20.0 Å². The second-order valence-electron chi connectivity index (χ2n) is 5.56. The van der Waals surface area contributed by atoms with Gasteiger partial charge in [0, 0.05) is 19.1 Å². The molecule has 0 aliphatic carbocycles. The molecule has 2 atom stereocenters. The van der Waals surface area contributed by atoms with Crippen LogP contribution in [-0.2, 0) is 20.0 Å². The number of primary sulfonamides is 1. The van der Waals surface area contributed by atoms with Crippen LogP contribution in [-0.4, -0.2) is 40.3 Å². The number of nitrogens with zero attached hydrogens (tertiary/aromatic N) is 1. The smallest absolute Gasteiger partial charge is 0.243 e. The van der Waals surface area contributed by atoms with Crippen molar-refractivity contribution in [3.05, 3.63) is 24.3 Å². The van der Waals surface area contributed by atoms with Crippen LogP contribution < -0.4 is 10.9 Å². The Bertz CT molecular complexity index is 746. The Balaban J connectivity index is 2.46. The Morgan fingerprint density at radius 3 is 2.45 bits per heavy atom. The zero-order chi connectivity index (χ0) is 16.5. The van der Waals surface area contributed by atoms with E-state index in [-0.39, 0.29) is 28.3 Å². The lowest BCUT2D eigenvalue weighted by Gasteiger charge is -2.38. The van der Waals surface area contributed by atoms with E-state index in [1.165, 1.54) is 22.5 Å². The molecule has 4 N–H and O–H groups in total. The van der Waals surface area contributed by atoms with Crippen LogP contribution in [0.15, 0.2) is 34.1 Å². The lowest BCUT2D eigenvalue weighted by atomic mass is 9.93. The number of sulfonamides is 2. The fraction of sp³-hybridized carbons (Fsp3) is 0.538. The Kier molecular flexibility index (Phi) is 4.93. The Morgan fingerprint density at radius 2 is 1.86 bits per heavy atom. The topological polar surface area (TPSA) is 124 Å². The molecule has 1 aliphatic rings. The van der Waals surface area contributed by atoms with Gasteiger partial charge in [0.25, 0.3) is 0 Å². The second kappa shape index (κ2) is 6.25. The van der Waals surface area contributed by atoms with Crippen LogP contribution in [0.4, 0.5) is 0 Å². The average Bonchev–Trinajstić information content (AvgIpc) is 2.46. The minimum absolute atomic E-state index is 0.0772. The molecule has 1 heterocycles. The van der Waals surface area contributed by atoms with Gasteiger partial charge >= 0.3 is 0 Å². The number of rotatable bonds is 4. The first-order valence-electron chi connectivity index (χ1n) is 7.02. The zero-order valence-corrected chi connectivity index (χ0v) is 14.0. The largest absolute Gasteiger partial charge is 0.329 e. The van der Waals surface area contributed by atoms with E-state index in [0.717, 1.165) is 18.9 Å². The van der Waals surface area contributed by atoms with Gasteiger partial charge in [-0.2, -0.15) is 4.31 Å². The summed E-state index contributed by atoms with van der Waals surface area (Å²) < 4.78 is 49.8. The van der Waals surface area contributed by atoms with Gasteiger partial charge < -0.3 is 5.73 Å². The van der Waals surface area contributed by atoms with E-state index in [9.17, 15) is 16.8 Å². The van der Waals surface area contributed by atoms with E-state index in [4.69, 9.17) is 10.9 Å². The van der Waals surface area contributed by atoms with Crippen LogP contribution >= 0.6 is 0 Å². The molecule has 1 aliphatic heterocycles. The predicted octanol–water partition coefficient (Wildman–Crippen LogP) is 0.0819. The minimum atomic E-state index is -3.95. The van der Waals surface area contributed by atoms with E-state index in [2.05, 4.69) is 0 Å². The van der Waals surface area contributed by atoms with Gasteiger partial charge in [-0.15, -0.1) is 0 Å². The molecule has 7 nitrogen and oxygen atoms in total. The summed E-state index contributed by atoms with van der Waals surface area (Å²) in [6.45, 7) is 2.59. The van der Waals surface area contributed by atoms with E-state index in [1.807, 2.05) is 6.92 Å². The summed E-state index contributed by atoms with van der Waals surface area (Å²) in [5.41, 5.74) is 5.74. The Morgan fingerprint density at radius 1 is 1.23 bits per heavy atom. The van der Waals surface area contributed by atoms with Gasteiger partial charge in [0.15, 0.2) is 0 Å². The van der Waals surface area contributed by atoms with Crippen LogP contribution in [0, 0.1) is 5.92 Å². The summed E-state index contributed by atoms with van der Waals surface area (Å²) in [5, 5.41) is 5.07. The Hall–Kier alpha value is -1.00. The first-order valence-corrected chi connectivity index (χ1v) is 10.0. The highest BCUT2D eigenvalue weighted by Crippen LogP contribution is 2.29.